The van der Waals surface area contributed by atoms with Gasteiger partial charge >= 0.3 is 0 Å². The molecule has 22 heteroatoms. The molecule has 51 heavy (non-hydrogen) atoms. The number of carbonyl (C=O) groups is 1. The Labute approximate surface area is 288 Å². The molecule has 3 aliphatic rings. The summed E-state index contributed by atoms with van der Waals surface area (Å²) in [5.41, 5.74) is 8.46. The molecule has 1 aromatic carbocycles. The monoisotopic (exact) mass is 738 g/mol. The molecule has 0 bridgehead atoms. The van der Waals surface area contributed by atoms with Crippen LogP contribution in [0.2, 0.25) is 0 Å². The van der Waals surface area contributed by atoms with E-state index in [0.717, 1.165) is 0 Å². The van der Waals surface area contributed by atoms with E-state index in [1.165, 1.54) is 18.2 Å². The van der Waals surface area contributed by atoms with Gasteiger partial charge in [-0.15, -0.1) is 0 Å². The number of ether oxygens (including phenoxy) is 6. The average molecular weight is 739 g/mol. The van der Waals surface area contributed by atoms with Gasteiger partial charge in [-0.05, 0) is 30.2 Å². The summed E-state index contributed by atoms with van der Waals surface area (Å²) in [6.45, 7) is -3.48. The number of halogens is 1. The first-order valence-corrected chi connectivity index (χ1v) is 15.9. The van der Waals surface area contributed by atoms with Crippen molar-refractivity contribution in [3.05, 3.63) is 34.2 Å². The van der Waals surface area contributed by atoms with Crippen LogP contribution in [0.15, 0.2) is 23.3 Å². The molecule has 3 heterocycles. The number of hydrogen-bond donors (Lipinski definition) is 11. The van der Waals surface area contributed by atoms with Gasteiger partial charge in [-0.3, -0.25) is 4.79 Å². The minimum Gasteiger partial charge on any atom is -0.462 e. The summed E-state index contributed by atoms with van der Waals surface area (Å²) in [4.78, 5) is 14.7. The van der Waals surface area contributed by atoms with Crippen LogP contribution >= 0.6 is 0 Å². The number of nitrogens with one attached hydrogen (secondary N) is 1. The molecule has 3 aliphatic heterocycles. The molecule has 1 amide bonds. The van der Waals surface area contributed by atoms with Gasteiger partial charge in [0, 0.05) is 29.1 Å². The molecule has 0 spiro atoms. The van der Waals surface area contributed by atoms with E-state index in [2.05, 4.69) is 15.3 Å². The predicted octanol–water partition coefficient (Wildman–Crippen LogP) is -3.99. The summed E-state index contributed by atoms with van der Waals surface area (Å²) in [7, 11) is 0. The van der Waals surface area contributed by atoms with Crippen molar-refractivity contribution < 1.29 is 88.7 Å². The summed E-state index contributed by atoms with van der Waals surface area (Å²) in [6, 6.07) is 3.91. The molecular formula is C29H43FN4O17. The molecule has 9 unspecified atom stereocenters. The molecule has 3 fully saturated rings. The standard InChI is InChI=1S/C29H43FN4O17/c30-7-11-6-12(33-17(38)2-1-5-32-34-31)3-4-13(11)46-27-23(44)20(41)25(15(9-36)48-27)51-29-24(45)21(42)26(16(10-37)49-29)50-28-22(43)19(40)18(39)14(8-35)47-28/h3-4,6,14-16,18-29,35-37,39-45H,1-2,5,7-10H2,(H,33,38)/t14?,15?,16?,18-,19?,20?,21?,22?,23?,24?,25-,26-,27-,28-,29-/m1/s1. The molecule has 11 N–H and O–H groups in total. The lowest BCUT2D eigenvalue weighted by Gasteiger charge is -2.48. The van der Waals surface area contributed by atoms with Crippen LogP contribution in [-0.4, -0.2) is 175 Å². The van der Waals surface area contributed by atoms with Gasteiger partial charge in [0.1, 0.15) is 85.7 Å². The van der Waals surface area contributed by atoms with Crippen LogP contribution in [0.3, 0.4) is 0 Å². The van der Waals surface area contributed by atoms with Gasteiger partial charge in [-0.25, -0.2) is 4.39 Å². The highest BCUT2D eigenvalue weighted by molar-refractivity contribution is 5.90. The molecule has 4 rings (SSSR count). The Morgan fingerprint density at radius 2 is 1.31 bits per heavy atom. The second kappa shape index (κ2) is 18.8. The van der Waals surface area contributed by atoms with Crippen LogP contribution in [-0.2, 0) is 35.2 Å². The number of aliphatic hydroxyl groups is 10. The third-order valence-corrected chi connectivity index (χ3v) is 8.53. The fraction of sp³-hybridized carbons (Fsp3) is 0.759. The van der Waals surface area contributed by atoms with Gasteiger partial charge in [0.2, 0.25) is 12.2 Å². The van der Waals surface area contributed by atoms with E-state index in [4.69, 9.17) is 34.0 Å². The molecule has 15 atom stereocenters. The second-order valence-corrected chi connectivity index (χ2v) is 12.0. The minimum absolute atomic E-state index is 0.0348. The Hall–Kier alpha value is -2.87. The van der Waals surface area contributed by atoms with E-state index in [0.29, 0.717) is 0 Å². The van der Waals surface area contributed by atoms with Crippen molar-refractivity contribution in [1.29, 1.82) is 0 Å². The van der Waals surface area contributed by atoms with E-state index in [9.17, 15) is 60.3 Å². The number of azide groups is 1. The first-order valence-electron chi connectivity index (χ1n) is 15.9. The van der Waals surface area contributed by atoms with Crippen molar-refractivity contribution in [2.45, 2.75) is 112 Å². The molecular weight excluding hydrogens is 695 g/mol. The van der Waals surface area contributed by atoms with Gasteiger partial charge in [0.15, 0.2) is 12.6 Å². The summed E-state index contributed by atoms with van der Waals surface area (Å²) in [5.74, 6) is -0.564. The molecule has 3 saturated heterocycles. The number of hydrogen-bond acceptors (Lipinski definition) is 18. The fourth-order valence-electron chi connectivity index (χ4n) is 5.72. The first-order chi connectivity index (χ1) is 24.4. The molecule has 0 aromatic heterocycles. The molecule has 0 radical (unpaired) electrons. The highest BCUT2D eigenvalue weighted by Gasteiger charge is 2.53. The maximum Gasteiger partial charge on any atom is 0.229 e. The van der Waals surface area contributed by atoms with Crippen LogP contribution in [0, 0.1) is 0 Å². The Morgan fingerprint density at radius 1 is 0.784 bits per heavy atom. The summed E-state index contributed by atoms with van der Waals surface area (Å²) in [6.07, 6.45) is -25.9. The SMILES string of the molecule is [N-]=[N+]=NCCCC(=O)Nc1ccc(O[C@@H]2OC(CO)[C@@H](O[C@H]3OC(CO)[C@@H](O[C@H]4OC(CO)[C@@H](O)C(O)C4O)C(O)C3O)C(O)C2O)c(CF)c1. The smallest absolute Gasteiger partial charge is 0.229 e. The number of rotatable bonds is 15. The van der Waals surface area contributed by atoms with Crippen LogP contribution in [0.1, 0.15) is 18.4 Å². The largest absolute Gasteiger partial charge is 0.462 e. The molecule has 288 valence electrons. The van der Waals surface area contributed by atoms with Gasteiger partial charge in [0.05, 0.1) is 19.8 Å². The molecule has 21 nitrogen and oxygen atoms in total. The Kier molecular flexibility index (Phi) is 15.0. The lowest BCUT2D eigenvalue weighted by molar-refractivity contribution is -0.376. The van der Waals surface area contributed by atoms with Crippen LogP contribution in [0.25, 0.3) is 10.4 Å². The summed E-state index contributed by atoms with van der Waals surface area (Å²) in [5, 5.41) is 109. The highest BCUT2D eigenvalue weighted by Crippen LogP contribution is 2.34. The van der Waals surface area contributed by atoms with Gasteiger partial charge in [-0.1, -0.05) is 5.11 Å². The fourth-order valence-corrected chi connectivity index (χ4v) is 5.72. The normalized spacial score (nSPS) is 38.5. The van der Waals surface area contributed by atoms with E-state index in [1.807, 2.05) is 0 Å². The number of alkyl halides is 1. The Morgan fingerprint density at radius 3 is 1.86 bits per heavy atom. The summed E-state index contributed by atoms with van der Waals surface area (Å²) < 4.78 is 47.2. The summed E-state index contributed by atoms with van der Waals surface area (Å²) >= 11 is 0. The zero-order valence-electron chi connectivity index (χ0n) is 26.9. The number of benzene rings is 1. The van der Waals surface area contributed by atoms with Crippen molar-refractivity contribution in [2.75, 3.05) is 31.7 Å². The number of anilines is 1. The van der Waals surface area contributed by atoms with E-state index in [-0.39, 0.29) is 36.4 Å². The van der Waals surface area contributed by atoms with Crippen molar-refractivity contribution >= 4 is 11.6 Å². The van der Waals surface area contributed by atoms with Crippen LogP contribution in [0.4, 0.5) is 10.1 Å². The van der Waals surface area contributed by atoms with Gasteiger partial charge in [-0.2, -0.15) is 0 Å². The third kappa shape index (κ3) is 9.57. The van der Waals surface area contributed by atoms with Crippen molar-refractivity contribution in [1.82, 2.24) is 0 Å². The number of carbonyl (C=O) groups excluding carboxylic acids is 1. The molecule has 1 aromatic rings. The second-order valence-electron chi connectivity index (χ2n) is 12.0. The predicted molar refractivity (Wildman–Crippen MR) is 163 cm³/mol. The topological polar surface area (TPSA) is 336 Å². The highest BCUT2D eigenvalue weighted by atomic mass is 19.1. The van der Waals surface area contributed by atoms with Gasteiger partial charge in [0.25, 0.3) is 0 Å². The lowest BCUT2D eigenvalue weighted by atomic mass is 9.96. The Balaban J connectivity index is 1.40. The lowest BCUT2D eigenvalue weighted by Crippen LogP contribution is -2.66. The van der Waals surface area contributed by atoms with E-state index < -0.39 is 125 Å². The Bertz CT molecular complexity index is 1330. The molecule has 0 saturated carbocycles. The zero-order valence-corrected chi connectivity index (χ0v) is 26.9. The van der Waals surface area contributed by atoms with Crippen molar-refractivity contribution in [3.8, 4) is 5.75 Å². The number of aliphatic hydroxyl groups excluding tert-OH is 10. The number of nitrogens with zero attached hydrogens (tertiary/aromatic N) is 3. The van der Waals surface area contributed by atoms with Crippen molar-refractivity contribution in [2.24, 2.45) is 5.11 Å². The van der Waals surface area contributed by atoms with Crippen molar-refractivity contribution in [3.63, 3.8) is 0 Å². The average Bonchev–Trinajstić information content (AvgIpc) is 3.13. The van der Waals surface area contributed by atoms with Crippen LogP contribution < -0.4 is 10.1 Å². The quantitative estimate of drug-likeness (QED) is 0.0353. The van der Waals surface area contributed by atoms with E-state index >= 15 is 0 Å². The van der Waals surface area contributed by atoms with Gasteiger partial charge < -0.3 is 84.8 Å². The minimum atomic E-state index is -2.00. The van der Waals surface area contributed by atoms with E-state index in [1.54, 1.807) is 0 Å². The maximum atomic E-state index is 14.0. The number of amides is 1. The third-order valence-electron chi connectivity index (χ3n) is 8.53. The zero-order chi connectivity index (χ0) is 37.4. The first kappa shape index (κ1) is 40.9. The van der Waals surface area contributed by atoms with Crippen LogP contribution in [0.5, 0.6) is 5.75 Å². The molecule has 0 aliphatic carbocycles. The maximum absolute atomic E-state index is 14.0.